The van der Waals surface area contributed by atoms with Crippen molar-refractivity contribution in [1.82, 2.24) is 0 Å². The molecule has 5 heteroatoms. The van der Waals surface area contributed by atoms with Gasteiger partial charge in [0.1, 0.15) is 0 Å². The average molecular weight is 280 g/mol. The summed E-state index contributed by atoms with van der Waals surface area (Å²) in [6, 6.07) is 4.97. The smallest absolute Gasteiger partial charge is 0.337 e. The van der Waals surface area contributed by atoms with Crippen molar-refractivity contribution in [3.8, 4) is 0 Å². The number of halogens is 2. The predicted molar refractivity (Wildman–Crippen MR) is 56.5 cm³/mol. The first-order valence-corrected chi connectivity index (χ1v) is 4.94. The number of carbonyl (C=O) groups is 1. The van der Waals surface area contributed by atoms with Gasteiger partial charge >= 0.3 is 5.97 Å². The average Bonchev–Trinajstić information content (AvgIpc) is 2.09. The van der Waals surface area contributed by atoms with Gasteiger partial charge in [0.2, 0.25) is 0 Å². The van der Waals surface area contributed by atoms with Crippen molar-refractivity contribution >= 4 is 33.5 Å². The van der Waals surface area contributed by atoms with E-state index >= 15 is 0 Å². The van der Waals surface area contributed by atoms with Gasteiger partial charge in [-0.3, -0.25) is 0 Å². The van der Waals surface area contributed by atoms with Gasteiger partial charge in [-0.05, 0) is 12.1 Å². The molecule has 76 valence electrons. The van der Waals surface area contributed by atoms with E-state index in [1.807, 2.05) is 0 Å². The Bertz CT molecular complexity index is 354. The lowest BCUT2D eigenvalue weighted by Gasteiger charge is -2.12. The molecule has 0 aliphatic rings. The van der Waals surface area contributed by atoms with Gasteiger partial charge in [0, 0.05) is 22.2 Å². The Balaban J connectivity index is 3.10. The van der Waals surface area contributed by atoms with E-state index in [0.29, 0.717) is 10.6 Å². The third kappa shape index (κ3) is 2.47. The van der Waals surface area contributed by atoms with Crippen molar-refractivity contribution in [2.45, 2.75) is 6.10 Å². The minimum Gasteiger partial charge on any atom is -0.479 e. The van der Waals surface area contributed by atoms with Gasteiger partial charge in [0.05, 0.1) is 0 Å². The van der Waals surface area contributed by atoms with Crippen molar-refractivity contribution in [3.05, 3.63) is 33.3 Å². The summed E-state index contributed by atoms with van der Waals surface area (Å²) in [5, 5.41) is 9.19. The summed E-state index contributed by atoms with van der Waals surface area (Å²) in [6.45, 7) is 0. The molecular formula is C9H8BrClO3. The van der Waals surface area contributed by atoms with Crippen LogP contribution in [0.2, 0.25) is 5.02 Å². The summed E-state index contributed by atoms with van der Waals surface area (Å²) in [5.74, 6) is -1.06. The van der Waals surface area contributed by atoms with Gasteiger partial charge in [-0.2, -0.15) is 0 Å². The highest BCUT2D eigenvalue weighted by molar-refractivity contribution is 9.10. The lowest BCUT2D eigenvalue weighted by Crippen LogP contribution is -2.13. The fourth-order valence-corrected chi connectivity index (χ4v) is 1.85. The summed E-state index contributed by atoms with van der Waals surface area (Å²) in [7, 11) is 1.33. The molecular weight excluding hydrogens is 271 g/mol. The van der Waals surface area contributed by atoms with E-state index in [9.17, 15) is 4.79 Å². The van der Waals surface area contributed by atoms with E-state index in [4.69, 9.17) is 21.4 Å². The molecule has 1 rings (SSSR count). The van der Waals surface area contributed by atoms with Crippen LogP contribution in [0.5, 0.6) is 0 Å². The molecule has 0 heterocycles. The second-order valence-electron chi connectivity index (χ2n) is 2.62. The Kier molecular flexibility index (Phi) is 3.92. The number of rotatable bonds is 3. The number of benzene rings is 1. The van der Waals surface area contributed by atoms with Crippen LogP contribution in [0.15, 0.2) is 22.7 Å². The fourth-order valence-electron chi connectivity index (χ4n) is 1.07. The Morgan fingerprint density at radius 1 is 1.64 bits per heavy atom. The molecule has 1 N–H and O–H groups in total. The minimum atomic E-state index is -1.06. The molecule has 1 unspecified atom stereocenters. The topological polar surface area (TPSA) is 46.5 Å². The molecule has 0 amide bonds. The Labute approximate surface area is 94.8 Å². The van der Waals surface area contributed by atoms with E-state index in [0.717, 1.165) is 4.47 Å². The first kappa shape index (κ1) is 11.5. The molecule has 0 radical (unpaired) electrons. The number of hydrogen-bond acceptors (Lipinski definition) is 2. The Morgan fingerprint density at radius 2 is 2.29 bits per heavy atom. The highest BCUT2D eigenvalue weighted by atomic mass is 79.9. The van der Waals surface area contributed by atoms with E-state index in [1.165, 1.54) is 7.11 Å². The number of ether oxygens (including phenoxy) is 1. The minimum absolute atomic E-state index is 0.369. The van der Waals surface area contributed by atoms with Crippen molar-refractivity contribution in [2.75, 3.05) is 7.11 Å². The highest BCUT2D eigenvalue weighted by Crippen LogP contribution is 2.28. The van der Waals surface area contributed by atoms with Crippen molar-refractivity contribution in [2.24, 2.45) is 0 Å². The summed E-state index contributed by atoms with van der Waals surface area (Å²) in [6.07, 6.45) is -1.02. The molecule has 0 aromatic heterocycles. The molecule has 14 heavy (non-hydrogen) atoms. The summed E-state index contributed by atoms with van der Waals surface area (Å²) in [4.78, 5) is 10.8. The van der Waals surface area contributed by atoms with Crippen molar-refractivity contribution < 1.29 is 14.6 Å². The molecule has 0 spiro atoms. The molecule has 1 atom stereocenters. The van der Waals surface area contributed by atoms with E-state index < -0.39 is 12.1 Å². The van der Waals surface area contributed by atoms with Crippen LogP contribution in [0.25, 0.3) is 0 Å². The van der Waals surface area contributed by atoms with Gasteiger partial charge in [-0.25, -0.2) is 4.79 Å². The van der Waals surface area contributed by atoms with Crippen LogP contribution in [0.3, 0.4) is 0 Å². The van der Waals surface area contributed by atoms with Gasteiger partial charge in [0.25, 0.3) is 0 Å². The van der Waals surface area contributed by atoms with Crippen LogP contribution in [-0.2, 0) is 9.53 Å². The zero-order valence-corrected chi connectivity index (χ0v) is 9.67. The molecule has 1 aromatic rings. The second kappa shape index (κ2) is 4.77. The van der Waals surface area contributed by atoms with Gasteiger partial charge in [-0.15, -0.1) is 0 Å². The Morgan fingerprint density at radius 3 is 2.71 bits per heavy atom. The van der Waals surface area contributed by atoms with Crippen molar-refractivity contribution in [1.29, 1.82) is 0 Å². The van der Waals surface area contributed by atoms with Crippen LogP contribution in [0.1, 0.15) is 11.7 Å². The molecule has 1 aromatic carbocycles. The lowest BCUT2D eigenvalue weighted by molar-refractivity contribution is -0.148. The van der Waals surface area contributed by atoms with Crippen LogP contribution in [0, 0.1) is 0 Å². The number of hydrogen-bond donors (Lipinski definition) is 1. The van der Waals surface area contributed by atoms with Crippen LogP contribution in [-0.4, -0.2) is 18.2 Å². The second-order valence-corrected chi connectivity index (χ2v) is 3.94. The lowest BCUT2D eigenvalue weighted by atomic mass is 10.1. The standard InChI is InChI=1S/C9H8BrClO3/c1-14-8(9(12)13)6-3-2-5(10)4-7(6)11/h2-4,8H,1H3,(H,12,13). The van der Waals surface area contributed by atoms with E-state index in [-0.39, 0.29) is 0 Å². The Hall–Kier alpha value is -0.580. The molecule has 0 aliphatic heterocycles. The third-order valence-electron chi connectivity index (χ3n) is 1.70. The van der Waals surface area contributed by atoms with E-state index in [2.05, 4.69) is 15.9 Å². The maximum Gasteiger partial charge on any atom is 0.337 e. The number of carboxylic acids is 1. The number of methoxy groups -OCH3 is 1. The van der Waals surface area contributed by atoms with E-state index in [1.54, 1.807) is 18.2 Å². The molecule has 0 bridgehead atoms. The maximum atomic E-state index is 10.8. The molecule has 0 aliphatic carbocycles. The van der Waals surface area contributed by atoms with Crippen LogP contribution < -0.4 is 0 Å². The first-order chi connectivity index (χ1) is 6.56. The van der Waals surface area contributed by atoms with Crippen LogP contribution >= 0.6 is 27.5 Å². The van der Waals surface area contributed by atoms with Crippen molar-refractivity contribution in [3.63, 3.8) is 0 Å². The number of aliphatic carboxylic acids is 1. The largest absolute Gasteiger partial charge is 0.479 e. The highest BCUT2D eigenvalue weighted by Gasteiger charge is 2.21. The molecule has 0 saturated heterocycles. The molecule has 3 nitrogen and oxygen atoms in total. The summed E-state index contributed by atoms with van der Waals surface area (Å²) in [5.41, 5.74) is 0.449. The SMILES string of the molecule is COC(C(=O)O)c1ccc(Br)cc1Cl. The predicted octanol–water partition coefficient (Wildman–Crippen LogP) is 2.87. The van der Waals surface area contributed by atoms with Crippen LogP contribution in [0.4, 0.5) is 0 Å². The zero-order chi connectivity index (χ0) is 10.7. The summed E-state index contributed by atoms with van der Waals surface area (Å²) < 4.78 is 5.62. The molecule has 0 saturated carbocycles. The zero-order valence-electron chi connectivity index (χ0n) is 7.33. The maximum absolute atomic E-state index is 10.8. The quantitative estimate of drug-likeness (QED) is 0.925. The van der Waals surface area contributed by atoms with Gasteiger partial charge in [-0.1, -0.05) is 33.6 Å². The summed E-state index contributed by atoms with van der Waals surface area (Å²) >= 11 is 9.11. The first-order valence-electron chi connectivity index (χ1n) is 3.77. The van der Waals surface area contributed by atoms with Gasteiger partial charge in [0.15, 0.2) is 6.10 Å². The third-order valence-corrected chi connectivity index (χ3v) is 2.53. The number of carboxylic acid groups (broad SMARTS) is 1. The monoisotopic (exact) mass is 278 g/mol. The molecule has 0 fully saturated rings. The normalized spacial score (nSPS) is 12.5. The fraction of sp³-hybridized carbons (Fsp3) is 0.222. The van der Waals surface area contributed by atoms with Gasteiger partial charge < -0.3 is 9.84 Å².